The molecule has 0 aliphatic rings. The van der Waals surface area contributed by atoms with E-state index in [1.165, 1.54) is 80.8 Å². The summed E-state index contributed by atoms with van der Waals surface area (Å²) in [4.78, 5) is 87.6. The molecule has 6 rings (SSSR count). The van der Waals surface area contributed by atoms with Crippen molar-refractivity contribution in [3.05, 3.63) is 135 Å². The van der Waals surface area contributed by atoms with Crippen LogP contribution in [0.1, 0.15) is 60.8 Å². The number of methoxy groups -OCH3 is 2. The molecule has 8 N–H and O–H groups in total. The smallest absolute Gasteiger partial charge is 0.504 e. The van der Waals surface area contributed by atoms with Gasteiger partial charge in [0.05, 0.1) is 31.2 Å². The molecule has 1 heterocycles. The summed E-state index contributed by atoms with van der Waals surface area (Å²) in [5.74, 6) is -7.22. The molecule has 1 atom stereocenters. The predicted octanol–water partition coefficient (Wildman–Crippen LogP) is 5.82. The van der Waals surface area contributed by atoms with Crippen molar-refractivity contribution in [3.8, 4) is 23.0 Å². The number of phenols is 2. The molecular formula is C44H37N5O14. The van der Waals surface area contributed by atoms with Crippen molar-refractivity contribution in [1.82, 2.24) is 5.32 Å². The van der Waals surface area contributed by atoms with E-state index in [0.717, 1.165) is 13.2 Å². The number of ether oxygens (including phenoxy) is 2. The Morgan fingerprint density at radius 2 is 1.16 bits per heavy atom. The highest BCUT2D eigenvalue weighted by Crippen LogP contribution is 2.40. The normalized spacial score (nSPS) is 11.5. The summed E-state index contributed by atoms with van der Waals surface area (Å²) in [6.45, 7) is 3.09. The number of carbonyl (C=O) groups excluding carboxylic acids is 5. The lowest BCUT2D eigenvalue weighted by Crippen LogP contribution is -2.41. The van der Waals surface area contributed by atoms with E-state index < -0.39 is 64.4 Å². The van der Waals surface area contributed by atoms with Crippen LogP contribution in [-0.2, 0) is 9.59 Å². The highest BCUT2D eigenvalue weighted by atomic mass is 16.6. The molecule has 19 heteroatoms. The Hall–Kier alpha value is -8.87. The largest absolute Gasteiger partial charge is 0.519 e. The Bertz CT molecular complexity index is 2880. The van der Waals surface area contributed by atoms with Gasteiger partial charge < -0.3 is 60.2 Å². The number of carbonyl (C=O) groups is 6. The van der Waals surface area contributed by atoms with Gasteiger partial charge in [0.2, 0.25) is 5.91 Å². The minimum absolute atomic E-state index is 0.00110. The Balaban J connectivity index is 1.01. The molecule has 0 spiro atoms. The maximum absolute atomic E-state index is 13.2. The number of fused-ring (bicyclic) bond motifs is 1. The monoisotopic (exact) mass is 859 g/mol. The Kier molecular flexibility index (Phi) is 12.9. The third-order valence-electron chi connectivity index (χ3n) is 9.30. The van der Waals surface area contributed by atoms with Crippen LogP contribution in [0.15, 0.2) is 110 Å². The fourth-order valence-electron chi connectivity index (χ4n) is 6.02. The van der Waals surface area contributed by atoms with E-state index in [9.17, 15) is 48.9 Å². The van der Waals surface area contributed by atoms with Gasteiger partial charge in [-0.25, -0.2) is 9.59 Å². The first-order valence-corrected chi connectivity index (χ1v) is 18.6. The number of rotatable bonds is 14. The van der Waals surface area contributed by atoms with E-state index in [2.05, 4.69) is 26.6 Å². The molecule has 6 aromatic rings. The number of carboxylic acids is 1. The highest BCUT2D eigenvalue weighted by molar-refractivity contribution is 6.11. The predicted molar refractivity (Wildman–Crippen MR) is 228 cm³/mol. The van der Waals surface area contributed by atoms with Gasteiger partial charge in [0, 0.05) is 28.1 Å². The van der Waals surface area contributed by atoms with E-state index in [1.54, 1.807) is 31.2 Å². The molecule has 5 amide bonds. The van der Waals surface area contributed by atoms with Crippen molar-refractivity contribution >= 4 is 75.5 Å². The van der Waals surface area contributed by atoms with Crippen molar-refractivity contribution in [2.75, 3.05) is 35.5 Å². The minimum atomic E-state index is -1.42. The van der Waals surface area contributed by atoms with Gasteiger partial charge in [0.1, 0.15) is 11.6 Å². The standard InChI is InChI=1S/C44H37N5O14/c1-21(19-23-5-18-32-33(20-23)63-44(59)62-32)38(52)46-26-10-6-24(7-11-26)40(54)45-22(2)39(53)47-27-12-8-25(9-13-27)41(55)48-30-16-14-28(34(50)36(30)60-3)42(56)49-31-17-15-29(43(57)58)35(51)37(31)61-4/h5-20,22,50-51H,1-4H3,(H,45,54)(H,46,52)(H,47,53)(H,48,55)(H,49,56)(H,57,58)/b21-19+/t22-/m0/s1. The Labute approximate surface area is 355 Å². The molecule has 0 saturated heterocycles. The van der Waals surface area contributed by atoms with Crippen molar-refractivity contribution in [2.24, 2.45) is 0 Å². The zero-order valence-corrected chi connectivity index (χ0v) is 33.6. The molecule has 63 heavy (non-hydrogen) atoms. The van der Waals surface area contributed by atoms with Gasteiger partial charge in [-0.05, 0) is 110 Å². The molecule has 0 aliphatic heterocycles. The number of aromatic carboxylic acids is 1. The van der Waals surface area contributed by atoms with Crippen molar-refractivity contribution < 1.29 is 62.4 Å². The van der Waals surface area contributed by atoms with E-state index in [0.29, 0.717) is 22.5 Å². The van der Waals surface area contributed by atoms with Gasteiger partial charge >= 0.3 is 11.8 Å². The molecule has 0 saturated carbocycles. The van der Waals surface area contributed by atoms with Crippen LogP contribution in [-0.4, -0.2) is 71.1 Å². The molecular weight excluding hydrogens is 823 g/mol. The summed E-state index contributed by atoms with van der Waals surface area (Å²) in [5.41, 5.74) is 1.74. The van der Waals surface area contributed by atoms with Crippen molar-refractivity contribution in [2.45, 2.75) is 19.9 Å². The second-order valence-corrected chi connectivity index (χ2v) is 13.6. The zero-order valence-electron chi connectivity index (χ0n) is 33.6. The second kappa shape index (κ2) is 18.6. The number of aromatic hydroxyl groups is 2. The van der Waals surface area contributed by atoms with Crippen LogP contribution in [0.5, 0.6) is 23.0 Å². The quantitative estimate of drug-likeness (QED) is 0.0600. The molecule has 5 aromatic carbocycles. The lowest BCUT2D eigenvalue weighted by atomic mass is 10.1. The van der Waals surface area contributed by atoms with Gasteiger partial charge in [0.15, 0.2) is 34.2 Å². The fraction of sp³-hybridized carbons (Fsp3) is 0.114. The third-order valence-corrected chi connectivity index (χ3v) is 9.30. The van der Waals surface area contributed by atoms with E-state index >= 15 is 0 Å². The van der Waals surface area contributed by atoms with E-state index in [1.807, 2.05) is 0 Å². The molecule has 1 aromatic heterocycles. The van der Waals surface area contributed by atoms with Crippen LogP contribution < -0.4 is 41.9 Å². The maximum atomic E-state index is 13.2. The summed E-state index contributed by atoms with van der Waals surface area (Å²) >= 11 is 0. The third kappa shape index (κ3) is 9.95. The average Bonchev–Trinajstić information content (AvgIpc) is 3.63. The number of anilines is 4. The molecule has 322 valence electrons. The lowest BCUT2D eigenvalue weighted by molar-refractivity contribution is -0.117. The SMILES string of the molecule is COc1c(NC(=O)c2ccc(NC(=O)c3ccc(NC(=O)[C@H](C)NC(=O)c4ccc(NC(=O)/C(C)=C/c5ccc6oc(=O)oc6c5)cc4)cc3)c(OC)c2O)ccc(C(=O)O)c1O. The van der Waals surface area contributed by atoms with Crippen molar-refractivity contribution in [1.29, 1.82) is 0 Å². The summed E-state index contributed by atoms with van der Waals surface area (Å²) in [7, 11) is 2.37. The number of nitrogens with one attached hydrogen (secondary N) is 5. The fourth-order valence-corrected chi connectivity index (χ4v) is 6.02. The first kappa shape index (κ1) is 43.7. The van der Waals surface area contributed by atoms with Gasteiger partial charge in [-0.2, -0.15) is 0 Å². The van der Waals surface area contributed by atoms with Crippen LogP contribution in [0.4, 0.5) is 22.7 Å². The number of carboxylic acid groups (broad SMARTS) is 1. The number of benzene rings is 5. The second-order valence-electron chi connectivity index (χ2n) is 13.6. The molecule has 19 nitrogen and oxygen atoms in total. The minimum Gasteiger partial charge on any atom is -0.504 e. The molecule has 0 bridgehead atoms. The van der Waals surface area contributed by atoms with Crippen LogP contribution in [0.2, 0.25) is 0 Å². The van der Waals surface area contributed by atoms with Crippen LogP contribution in [0.3, 0.4) is 0 Å². The summed E-state index contributed by atoms with van der Waals surface area (Å²) in [5, 5.41) is 43.5. The Morgan fingerprint density at radius 3 is 1.75 bits per heavy atom. The van der Waals surface area contributed by atoms with Crippen LogP contribution >= 0.6 is 0 Å². The maximum Gasteiger partial charge on any atom is 0.519 e. The number of phenolic OH excluding ortho intramolecular Hbond substituents is 1. The summed E-state index contributed by atoms with van der Waals surface area (Å²) < 4.78 is 20.2. The average molecular weight is 860 g/mol. The van der Waals surface area contributed by atoms with E-state index in [4.69, 9.17) is 18.3 Å². The molecule has 0 aliphatic carbocycles. The zero-order chi connectivity index (χ0) is 45.5. The topological polar surface area (TPSA) is 285 Å². The lowest BCUT2D eigenvalue weighted by Gasteiger charge is -2.16. The number of hydrogen-bond donors (Lipinski definition) is 8. The van der Waals surface area contributed by atoms with Crippen LogP contribution in [0, 0.1) is 0 Å². The summed E-state index contributed by atoms with van der Waals surface area (Å²) in [6.07, 6.45) is 1.60. The van der Waals surface area contributed by atoms with Gasteiger partial charge in [-0.3, -0.25) is 24.0 Å². The molecule has 0 unspecified atom stereocenters. The number of amides is 5. The van der Waals surface area contributed by atoms with Crippen molar-refractivity contribution in [3.63, 3.8) is 0 Å². The van der Waals surface area contributed by atoms with Crippen LogP contribution in [0.25, 0.3) is 17.2 Å². The number of hydrogen-bond acceptors (Lipinski definition) is 13. The van der Waals surface area contributed by atoms with E-state index in [-0.39, 0.29) is 50.7 Å². The van der Waals surface area contributed by atoms with Gasteiger partial charge in [-0.1, -0.05) is 6.07 Å². The van der Waals surface area contributed by atoms with Gasteiger partial charge in [-0.15, -0.1) is 0 Å². The summed E-state index contributed by atoms with van der Waals surface area (Å²) in [6, 6.07) is 20.3. The first-order chi connectivity index (χ1) is 30.1. The molecule has 0 fully saturated rings. The van der Waals surface area contributed by atoms with Gasteiger partial charge in [0.25, 0.3) is 23.6 Å². The molecule has 0 radical (unpaired) electrons. The highest BCUT2D eigenvalue weighted by Gasteiger charge is 2.24. The first-order valence-electron chi connectivity index (χ1n) is 18.6. The Morgan fingerprint density at radius 1 is 0.635 bits per heavy atom.